The molecule has 1 fully saturated rings. The van der Waals surface area contributed by atoms with E-state index in [4.69, 9.17) is 4.74 Å². The number of esters is 1. The Morgan fingerprint density at radius 2 is 1.97 bits per heavy atom. The van der Waals surface area contributed by atoms with Crippen LogP contribution in [0.1, 0.15) is 30.9 Å². The summed E-state index contributed by atoms with van der Waals surface area (Å²) in [4.78, 5) is 32.8. The molecule has 1 aliphatic rings. The monoisotopic (exact) mass is 412 g/mol. The second kappa shape index (κ2) is 9.92. The van der Waals surface area contributed by atoms with Gasteiger partial charge in [0.05, 0.1) is 17.8 Å². The summed E-state index contributed by atoms with van der Waals surface area (Å²) in [6.45, 7) is 5.34. The summed E-state index contributed by atoms with van der Waals surface area (Å²) in [5.74, 6) is 0.223. The van der Waals surface area contributed by atoms with Crippen molar-refractivity contribution in [1.82, 2.24) is 9.88 Å². The summed E-state index contributed by atoms with van der Waals surface area (Å²) in [6, 6.07) is 11.9. The Bertz CT molecular complexity index is 843. The summed E-state index contributed by atoms with van der Waals surface area (Å²) in [7, 11) is 0. The number of aryl methyl sites for hydroxylation is 1. The van der Waals surface area contributed by atoms with Crippen molar-refractivity contribution in [3.63, 3.8) is 0 Å². The quantitative estimate of drug-likeness (QED) is 0.510. The first-order valence-corrected chi connectivity index (χ1v) is 11.0. The number of benzene rings is 1. The molecule has 0 unspecified atom stereocenters. The van der Waals surface area contributed by atoms with Crippen LogP contribution in [0.15, 0.2) is 53.7 Å². The van der Waals surface area contributed by atoms with E-state index in [-0.39, 0.29) is 11.9 Å². The number of likely N-dealkylation sites (tertiary alicyclic amines) is 1. The molecule has 29 heavy (non-hydrogen) atoms. The Hall–Kier alpha value is -2.34. The van der Waals surface area contributed by atoms with Crippen LogP contribution >= 0.6 is 11.8 Å². The number of rotatable bonds is 7. The number of carbonyl (C=O) groups is 2. The lowest BCUT2D eigenvalue weighted by Crippen LogP contribution is -2.52. The third-order valence-corrected chi connectivity index (χ3v) is 6.44. The van der Waals surface area contributed by atoms with E-state index in [1.165, 1.54) is 11.8 Å². The van der Waals surface area contributed by atoms with E-state index in [0.717, 1.165) is 28.9 Å². The minimum Gasteiger partial charge on any atom is -0.466 e. The smallest absolute Gasteiger partial charge is 0.314 e. The zero-order valence-corrected chi connectivity index (χ0v) is 17.9. The van der Waals surface area contributed by atoms with Crippen LogP contribution in [-0.2, 0) is 20.7 Å². The molecule has 1 atom stereocenters. The summed E-state index contributed by atoms with van der Waals surface area (Å²) in [6.07, 6.45) is 5.58. The van der Waals surface area contributed by atoms with Crippen LogP contribution in [0, 0.1) is 12.3 Å². The predicted octanol–water partition coefficient (Wildman–Crippen LogP) is 3.90. The third kappa shape index (κ3) is 5.38. The molecule has 0 radical (unpaired) electrons. The average molecular weight is 413 g/mol. The van der Waals surface area contributed by atoms with E-state index in [9.17, 15) is 9.59 Å². The van der Waals surface area contributed by atoms with Crippen LogP contribution in [0.25, 0.3) is 0 Å². The van der Waals surface area contributed by atoms with Gasteiger partial charge in [0.1, 0.15) is 0 Å². The first-order chi connectivity index (χ1) is 14.0. The van der Waals surface area contributed by atoms with Crippen molar-refractivity contribution >= 4 is 23.6 Å². The van der Waals surface area contributed by atoms with Crippen molar-refractivity contribution in [3.8, 4) is 0 Å². The molecular weight excluding hydrogens is 384 g/mol. The van der Waals surface area contributed by atoms with Crippen molar-refractivity contribution in [2.75, 3.05) is 25.4 Å². The molecule has 3 rings (SSSR count). The molecule has 1 amide bonds. The second-order valence-corrected chi connectivity index (χ2v) is 8.54. The minimum atomic E-state index is -0.683. The summed E-state index contributed by atoms with van der Waals surface area (Å²) < 4.78 is 5.47. The van der Waals surface area contributed by atoms with Gasteiger partial charge in [-0.25, -0.2) is 0 Å². The van der Waals surface area contributed by atoms with Crippen LogP contribution in [-0.4, -0.2) is 47.2 Å². The fourth-order valence-electron chi connectivity index (χ4n) is 3.86. The van der Waals surface area contributed by atoms with Gasteiger partial charge in [0, 0.05) is 30.4 Å². The summed E-state index contributed by atoms with van der Waals surface area (Å²) in [5.41, 5.74) is 1.62. The fourth-order valence-corrected chi connectivity index (χ4v) is 4.64. The highest BCUT2D eigenvalue weighted by Gasteiger charge is 2.44. The van der Waals surface area contributed by atoms with Crippen molar-refractivity contribution in [2.24, 2.45) is 5.41 Å². The molecular formula is C23H28N2O3S. The normalized spacial score (nSPS) is 19.0. The number of hydrogen-bond donors (Lipinski definition) is 0. The molecule has 0 bridgehead atoms. The van der Waals surface area contributed by atoms with E-state index < -0.39 is 5.41 Å². The van der Waals surface area contributed by atoms with Gasteiger partial charge in [0.25, 0.3) is 0 Å². The van der Waals surface area contributed by atoms with E-state index in [1.54, 1.807) is 12.4 Å². The maximum atomic E-state index is 13.0. The van der Waals surface area contributed by atoms with E-state index >= 15 is 0 Å². The van der Waals surface area contributed by atoms with Crippen LogP contribution in [0.3, 0.4) is 0 Å². The topological polar surface area (TPSA) is 59.5 Å². The van der Waals surface area contributed by atoms with Gasteiger partial charge >= 0.3 is 5.97 Å². The maximum Gasteiger partial charge on any atom is 0.314 e. The molecule has 1 aromatic heterocycles. The number of piperidine rings is 1. The maximum absolute atomic E-state index is 13.0. The van der Waals surface area contributed by atoms with Gasteiger partial charge in [-0.1, -0.05) is 24.3 Å². The van der Waals surface area contributed by atoms with Crippen LogP contribution in [0.2, 0.25) is 0 Å². The molecule has 2 aromatic rings. The van der Waals surface area contributed by atoms with Crippen molar-refractivity contribution in [3.05, 3.63) is 59.9 Å². The van der Waals surface area contributed by atoms with Gasteiger partial charge < -0.3 is 9.64 Å². The van der Waals surface area contributed by atoms with E-state index in [1.807, 2.05) is 36.1 Å². The third-order valence-electron chi connectivity index (χ3n) is 5.44. The van der Waals surface area contributed by atoms with Crippen molar-refractivity contribution in [1.29, 1.82) is 0 Å². The Balaban J connectivity index is 1.75. The van der Waals surface area contributed by atoms with Crippen molar-refractivity contribution in [2.45, 2.75) is 38.0 Å². The average Bonchev–Trinajstić information content (AvgIpc) is 2.75. The molecule has 2 heterocycles. The van der Waals surface area contributed by atoms with Crippen molar-refractivity contribution < 1.29 is 14.3 Å². The first-order valence-electron chi connectivity index (χ1n) is 10.1. The van der Waals surface area contributed by atoms with Crippen LogP contribution < -0.4 is 0 Å². The van der Waals surface area contributed by atoms with E-state index in [0.29, 0.717) is 31.9 Å². The number of pyridine rings is 1. The van der Waals surface area contributed by atoms with E-state index in [2.05, 4.69) is 24.0 Å². The lowest BCUT2D eigenvalue weighted by Gasteiger charge is -2.41. The lowest BCUT2D eigenvalue weighted by atomic mass is 9.74. The van der Waals surface area contributed by atoms with Crippen LogP contribution in [0.5, 0.6) is 0 Å². The number of amides is 1. The standard InChI is InChI=1S/C23H28N2O3S/c1-3-28-22(27)23(15-19-8-5-4-7-18(19)2)11-6-14-25(17-23)21(26)16-29-20-9-12-24-13-10-20/h4-5,7-10,12-13H,3,6,11,14-17H2,1-2H3/t23-/m1/s1. The molecule has 0 N–H and O–H groups in total. The lowest BCUT2D eigenvalue weighted by molar-refractivity contribution is -0.160. The van der Waals surface area contributed by atoms with Gasteiger partial charge in [0.2, 0.25) is 5.91 Å². The molecule has 0 saturated carbocycles. The SMILES string of the molecule is CCOC(=O)[C@@]1(Cc2ccccc2C)CCCN(C(=O)CSc2ccncc2)C1. The molecule has 5 nitrogen and oxygen atoms in total. The number of thioether (sulfide) groups is 1. The Labute approximate surface area is 176 Å². The van der Waals surface area contributed by atoms with Gasteiger partial charge in [-0.15, -0.1) is 11.8 Å². The Morgan fingerprint density at radius 1 is 1.21 bits per heavy atom. The van der Waals surface area contributed by atoms with Gasteiger partial charge in [-0.05, 0) is 56.4 Å². The van der Waals surface area contributed by atoms with Crippen LogP contribution in [0.4, 0.5) is 0 Å². The van der Waals surface area contributed by atoms with Gasteiger partial charge in [0.15, 0.2) is 0 Å². The number of carbonyl (C=O) groups excluding carboxylic acids is 2. The molecule has 0 spiro atoms. The number of ether oxygens (including phenoxy) is 1. The Kier molecular flexibility index (Phi) is 7.31. The molecule has 0 aliphatic carbocycles. The molecule has 1 saturated heterocycles. The number of aromatic nitrogens is 1. The Morgan fingerprint density at radius 3 is 2.69 bits per heavy atom. The number of hydrogen-bond acceptors (Lipinski definition) is 5. The molecule has 1 aromatic carbocycles. The highest BCUT2D eigenvalue weighted by Crippen LogP contribution is 2.36. The van der Waals surface area contributed by atoms with Gasteiger partial charge in [-0.3, -0.25) is 14.6 Å². The molecule has 154 valence electrons. The molecule has 6 heteroatoms. The highest BCUT2D eigenvalue weighted by molar-refractivity contribution is 8.00. The second-order valence-electron chi connectivity index (χ2n) is 7.49. The predicted molar refractivity (Wildman–Crippen MR) is 115 cm³/mol. The zero-order chi connectivity index (χ0) is 20.7. The summed E-state index contributed by atoms with van der Waals surface area (Å²) >= 11 is 1.50. The fraction of sp³-hybridized carbons (Fsp3) is 0.435. The molecule has 1 aliphatic heterocycles. The minimum absolute atomic E-state index is 0.0602. The summed E-state index contributed by atoms with van der Waals surface area (Å²) in [5, 5.41) is 0. The largest absolute Gasteiger partial charge is 0.466 e. The number of nitrogens with zero attached hydrogens (tertiary/aromatic N) is 2. The zero-order valence-electron chi connectivity index (χ0n) is 17.1. The first kappa shape index (κ1) is 21.4. The van der Waals surface area contributed by atoms with Gasteiger partial charge in [-0.2, -0.15) is 0 Å². The highest BCUT2D eigenvalue weighted by atomic mass is 32.2.